The van der Waals surface area contributed by atoms with Crippen LogP contribution in [0, 0.1) is 0 Å². The first-order valence-corrected chi connectivity index (χ1v) is 8.83. The molecule has 1 saturated carbocycles. The van der Waals surface area contributed by atoms with Crippen molar-refractivity contribution in [2.24, 2.45) is 0 Å². The highest BCUT2D eigenvalue weighted by Gasteiger charge is 2.24. The average molecular weight is 347 g/mol. The van der Waals surface area contributed by atoms with Gasteiger partial charge in [0.25, 0.3) is 5.91 Å². The summed E-state index contributed by atoms with van der Waals surface area (Å²) in [5.74, 6) is 1.49. The molecule has 0 radical (unpaired) electrons. The molecule has 0 spiro atoms. The summed E-state index contributed by atoms with van der Waals surface area (Å²) in [7, 11) is 1.63. The molecule has 1 fully saturated rings. The second kappa shape index (κ2) is 7.08. The van der Waals surface area contributed by atoms with Crippen molar-refractivity contribution in [2.45, 2.75) is 25.5 Å². The number of fused-ring (bicyclic) bond motifs is 1. The predicted molar refractivity (Wildman–Crippen MR) is 102 cm³/mol. The third kappa shape index (κ3) is 3.49. The van der Waals surface area contributed by atoms with Crippen LogP contribution in [-0.4, -0.2) is 19.1 Å². The Morgan fingerprint density at radius 1 is 1.04 bits per heavy atom. The molecule has 0 saturated heterocycles. The molecule has 4 rings (SSSR count). The SMILES string of the molecule is COc1ccc(C(=O)NC2CC2)cc1COc1cccc2ccccc12. The molecule has 4 nitrogen and oxygen atoms in total. The van der Waals surface area contributed by atoms with E-state index < -0.39 is 0 Å². The highest BCUT2D eigenvalue weighted by molar-refractivity contribution is 5.95. The van der Waals surface area contributed by atoms with Crippen LogP contribution in [0.2, 0.25) is 0 Å². The molecular weight excluding hydrogens is 326 g/mol. The predicted octanol–water partition coefficient (Wildman–Crippen LogP) is 4.32. The Morgan fingerprint density at radius 2 is 1.85 bits per heavy atom. The lowest BCUT2D eigenvalue weighted by molar-refractivity contribution is 0.0951. The second-order valence-corrected chi connectivity index (χ2v) is 6.54. The number of methoxy groups -OCH3 is 1. The fourth-order valence-electron chi connectivity index (χ4n) is 3.01. The van der Waals surface area contributed by atoms with Gasteiger partial charge < -0.3 is 14.8 Å². The minimum Gasteiger partial charge on any atom is -0.496 e. The third-order valence-electron chi connectivity index (χ3n) is 4.59. The zero-order valence-electron chi connectivity index (χ0n) is 14.7. The second-order valence-electron chi connectivity index (χ2n) is 6.54. The van der Waals surface area contributed by atoms with Crippen molar-refractivity contribution in [3.05, 3.63) is 71.8 Å². The highest BCUT2D eigenvalue weighted by atomic mass is 16.5. The first-order chi connectivity index (χ1) is 12.7. The lowest BCUT2D eigenvalue weighted by Crippen LogP contribution is -2.25. The van der Waals surface area contributed by atoms with Crippen molar-refractivity contribution in [3.8, 4) is 11.5 Å². The molecule has 4 heteroatoms. The molecule has 1 amide bonds. The minimum absolute atomic E-state index is 0.0402. The molecule has 0 aliphatic heterocycles. The summed E-state index contributed by atoms with van der Waals surface area (Å²) in [5, 5.41) is 5.21. The zero-order valence-corrected chi connectivity index (χ0v) is 14.7. The molecule has 1 aliphatic rings. The molecule has 26 heavy (non-hydrogen) atoms. The van der Waals surface area contributed by atoms with E-state index >= 15 is 0 Å². The summed E-state index contributed by atoms with van der Waals surface area (Å²) in [6.45, 7) is 0.335. The van der Waals surface area contributed by atoms with E-state index in [1.807, 2.05) is 42.5 Å². The van der Waals surface area contributed by atoms with Crippen LogP contribution >= 0.6 is 0 Å². The van der Waals surface area contributed by atoms with E-state index in [2.05, 4.69) is 17.4 Å². The van der Waals surface area contributed by atoms with Crippen molar-refractivity contribution in [3.63, 3.8) is 0 Å². The number of carbonyl (C=O) groups excluding carboxylic acids is 1. The standard InChI is InChI=1S/C22H21NO3/c1-25-20-12-9-16(22(24)23-18-10-11-18)13-17(20)14-26-21-8-4-6-15-5-2-3-7-19(15)21/h2-9,12-13,18H,10-11,14H2,1H3,(H,23,24). The molecular formula is C22H21NO3. The lowest BCUT2D eigenvalue weighted by Gasteiger charge is -2.13. The van der Waals surface area contributed by atoms with Gasteiger partial charge in [-0.15, -0.1) is 0 Å². The van der Waals surface area contributed by atoms with Gasteiger partial charge in [0.05, 0.1) is 7.11 Å². The summed E-state index contributed by atoms with van der Waals surface area (Å²) in [5.41, 5.74) is 1.48. The summed E-state index contributed by atoms with van der Waals surface area (Å²) >= 11 is 0. The Kier molecular flexibility index (Phi) is 4.48. The molecule has 1 N–H and O–H groups in total. The first kappa shape index (κ1) is 16.5. The van der Waals surface area contributed by atoms with Gasteiger partial charge >= 0.3 is 0 Å². The molecule has 132 valence electrons. The highest BCUT2D eigenvalue weighted by Crippen LogP contribution is 2.28. The number of amides is 1. The Balaban J connectivity index is 1.57. The van der Waals surface area contributed by atoms with Gasteiger partial charge in [-0.3, -0.25) is 4.79 Å². The number of benzene rings is 3. The van der Waals surface area contributed by atoms with Crippen molar-refractivity contribution < 1.29 is 14.3 Å². The number of rotatable bonds is 6. The van der Waals surface area contributed by atoms with Crippen LogP contribution in [-0.2, 0) is 6.61 Å². The van der Waals surface area contributed by atoms with E-state index in [1.165, 1.54) is 0 Å². The fraction of sp³-hybridized carbons (Fsp3) is 0.227. The Bertz CT molecular complexity index is 942. The van der Waals surface area contributed by atoms with E-state index in [0.717, 1.165) is 34.9 Å². The molecule has 0 bridgehead atoms. The number of hydrogen-bond acceptors (Lipinski definition) is 3. The maximum absolute atomic E-state index is 12.3. The van der Waals surface area contributed by atoms with Gasteiger partial charge in [-0.25, -0.2) is 0 Å². The number of nitrogens with one attached hydrogen (secondary N) is 1. The third-order valence-corrected chi connectivity index (χ3v) is 4.59. The van der Waals surface area contributed by atoms with Crippen LogP contribution in [0.3, 0.4) is 0 Å². The van der Waals surface area contributed by atoms with E-state index in [0.29, 0.717) is 24.0 Å². The van der Waals surface area contributed by atoms with Crippen LogP contribution < -0.4 is 14.8 Å². The normalized spacial score (nSPS) is 13.4. The minimum atomic E-state index is -0.0402. The molecule has 0 heterocycles. The molecule has 0 aromatic heterocycles. The fourth-order valence-corrected chi connectivity index (χ4v) is 3.01. The van der Waals surface area contributed by atoms with Crippen molar-refractivity contribution in [1.82, 2.24) is 5.32 Å². The van der Waals surface area contributed by atoms with E-state index in [9.17, 15) is 4.79 Å². The van der Waals surface area contributed by atoms with E-state index in [-0.39, 0.29) is 5.91 Å². The van der Waals surface area contributed by atoms with Crippen LogP contribution in [0.1, 0.15) is 28.8 Å². The molecule has 1 aliphatic carbocycles. The largest absolute Gasteiger partial charge is 0.496 e. The van der Waals surface area contributed by atoms with Gasteiger partial charge in [0.1, 0.15) is 18.1 Å². The van der Waals surface area contributed by atoms with Gasteiger partial charge in [-0.2, -0.15) is 0 Å². The molecule has 0 unspecified atom stereocenters. The quantitative estimate of drug-likeness (QED) is 0.722. The first-order valence-electron chi connectivity index (χ1n) is 8.83. The summed E-state index contributed by atoms with van der Waals surface area (Å²) in [4.78, 5) is 12.3. The number of hydrogen-bond donors (Lipinski definition) is 1. The van der Waals surface area contributed by atoms with Crippen LogP contribution in [0.25, 0.3) is 10.8 Å². The van der Waals surface area contributed by atoms with Crippen LogP contribution in [0.4, 0.5) is 0 Å². The Labute approximate surface area is 152 Å². The van der Waals surface area contributed by atoms with Gasteiger partial charge in [-0.05, 0) is 42.5 Å². The van der Waals surface area contributed by atoms with Crippen LogP contribution in [0.5, 0.6) is 11.5 Å². The van der Waals surface area contributed by atoms with Crippen molar-refractivity contribution in [1.29, 1.82) is 0 Å². The average Bonchev–Trinajstić information content (AvgIpc) is 3.50. The van der Waals surface area contributed by atoms with Gasteiger partial charge in [0.2, 0.25) is 0 Å². The Morgan fingerprint density at radius 3 is 2.65 bits per heavy atom. The zero-order chi connectivity index (χ0) is 17.9. The van der Waals surface area contributed by atoms with Crippen LogP contribution in [0.15, 0.2) is 60.7 Å². The summed E-state index contributed by atoms with van der Waals surface area (Å²) in [6.07, 6.45) is 2.14. The molecule has 3 aromatic carbocycles. The maximum Gasteiger partial charge on any atom is 0.251 e. The van der Waals surface area contributed by atoms with E-state index in [1.54, 1.807) is 13.2 Å². The smallest absolute Gasteiger partial charge is 0.251 e. The van der Waals surface area contributed by atoms with Gasteiger partial charge in [-0.1, -0.05) is 36.4 Å². The van der Waals surface area contributed by atoms with Gasteiger partial charge in [0, 0.05) is 22.6 Å². The lowest BCUT2D eigenvalue weighted by atomic mass is 10.1. The van der Waals surface area contributed by atoms with Crippen molar-refractivity contribution in [2.75, 3.05) is 7.11 Å². The molecule has 0 atom stereocenters. The van der Waals surface area contributed by atoms with E-state index in [4.69, 9.17) is 9.47 Å². The summed E-state index contributed by atoms with van der Waals surface area (Å²) < 4.78 is 11.5. The summed E-state index contributed by atoms with van der Waals surface area (Å²) in [6, 6.07) is 19.9. The number of ether oxygens (including phenoxy) is 2. The Hall–Kier alpha value is -3.01. The van der Waals surface area contributed by atoms with Gasteiger partial charge in [0.15, 0.2) is 0 Å². The molecule has 3 aromatic rings. The topological polar surface area (TPSA) is 47.6 Å². The monoisotopic (exact) mass is 347 g/mol. The van der Waals surface area contributed by atoms with Crippen molar-refractivity contribution >= 4 is 16.7 Å². The maximum atomic E-state index is 12.3. The number of carbonyl (C=O) groups is 1.